The molecule has 2 saturated heterocycles. The second kappa shape index (κ2) is 15.2. The smallest absolute Gasteiger partial charge is 0.412 e. The lowest BCUT2D eigenvalue weighted by atomic mass is 9.80. The van der Waals surface area contributed by atoms with Crippen LogP contribution in [0.4, 0.5) is 4.79 Å². The van der Waals surface area contributed by atoms with Crippen LogP contribution in [0.5, 0.6) is 5.75 Å². The maximum absolute atomic E-state index is 15.7. The van der Waals surface area contributed by atoms with Gasteiger partial charge in [-0.3, -0.25) is 24.2 Å². The monoisotopic (exact) mass is 838 g/mol. The van der Waals surface area contributed by atoms with Crippen LogP contribution in [0, 0.1) is 17.3 Å². The molecule has 8 rings (SSSR count). The standard InChI is InChI=1S/C46H51ClN4O9/c1-7-33(41(55)58-24-26(2)3)50-42(56)45-37(32-17-13-21-48-32)38(45)46(45,50)51-39(31-23-29(47)22-27-14-8-10-16-30(27)31)49(43(57)59-25-28-15-9-11-19-35(28)52)34(40(51)54)18-12-20-36(53)60-44(4,5)6/h8-11,13-17,19,21-23,26,33-34,37-39,48,52H,7,12,18,20,24-25H2,1-6H3/t33?,34?,37?,38-,39+,45-,46-/m1/s1. The average Bonchev–Trinajstić information content (AvgIpc) is 3.85. The van der Waals surface area contributed by atoms with Crippen molar-refractivity contribution in [1.29, 1.82) is 0 Å². The van der Waals surface area contributed by atoms with Crippen LogP contribution in [0.15, 0.2) is 79.0 Å². The number of β-lactam (4-membered cyclic amide) rings is 1. The van der Waals surface area contributed by atoms with Crippen LogP contribution in [-0.4, -0.2) is 84.6 Å². The van der Waals surface area contributed by atoms with Crippen LogP contribution >= 0.6 is 11.6 Å². The number of nitrogens with zero attached hydrogens (tertiary/aromatic N) is 3. The predicted molar refractivity (Wildman–Crippen MR) is 221 cm³/mol. The molecular formula is C46H51ClN4O9. The number of para-hydroxylation sites is 1. The maximum Gasteiger partial charge on any atom is 0.412 e. The highest BCUT2D eigenvalue weighted by Gasteiger charge is 3.11. The maximum atomic E-state index is 15.7. The normalized spacial score (nSPS) is 25.8. The Kier molecular flexibility index (Phi) is 10.4. The number of carbonyl (C=O) groups is 5. The van der Waals surface area contributed by atoms with E-state index in [0.717, 1.165) is 11.1 Å². The highest BCUT2D eigenvalue weighted by Crippen LogP contribution is 2.98. The lowest BCUT2D eigenvalue weighted by molar-refractivity contribution is -0.198. The van der Waals surface area contributed by atoms with Gasteiger partial charge in [-0.2, -0.15) is 0 Å². The van der Waals surface area contributed by atoms with Crippen molar-refractivity contribution in [3.05, 3.63) is 101 Å². The lowest BCUT2D eigenvalue weighted by Crippen LogP contribution is -2.75. The zero-order valence-corrected chi connectivity index (χ0v) is 35.4. The van der Waals surface area contributed by atoms with Gasteiger partial charge in [0.2, 0.25) is 11.8 Å². The van der Waals surface area contributed by atoms with E-state index in [1.165, 1.54) is 15.9 Å². The van der Waals surface area contributed by atoms with E-state index < -0.39 is 64.8 Å². The van der Waals surface area contributed by atoms with Gasteiger partial charge >= 0.3 is 18.0 Å². The molecule has 1 spiro atoms. The van der Waals surface area contributed by atoms with Crippen molar-refractivity contribution < 1.29 is 43.3 Å². The summed E-state index contributed by atoms with van der Waals surface area (Å²) in [5, 5.41) is 12.4. The number of benzene rings is 3. The van der Waals surface area contributed by atoms with Gasteiger partial charge in [0.15, 0.2) is 0 Å². The number of amides is 3. The molecule has 7 atom stereocenters. The van der Waals surface area contributed by atoms with Crippen LogP contribution in [0.25, 0.3) is 10.8 Å². The molecule has 2 aliphatic heterocycles. The molecule has 3 unspecified atom stereocenters. The van der Waals surface area contributed by atoms with E-state index in [-0.39, 0.29) is 62.4 Å². The number of aromatic amines is 1. The first-order valence-electron chi connectivity index (χ1n) is 20.7. The van der Waals surface area contributed by atoms with Gasteiger partial charge in [0, 0.05) is 46.3 Å². The van der Waals surface area contributed by atoms with Crippen molar-refractivity contribution in [3.63, 3.8) is 0 Å². The van der Waals surface area contributed by atoms with E-state index in [9.17, 15) is 24.3 Å². The molecule has 3 amide bonds. The van der Waals surface area contributed by atoms with E-state index in [1.54, 1.807) is 69.1 Å². The number of rotatable bonds is 14. The molecule has 4 aliphatic rings. The second-order valence-electron chi connectivity index (χ2n) is 17.7. The summed E-state index contributed by atoms with van der Waals surface area (Å²) >= 11 is 6.86. The van der Waals surface area contributed by atoms with E-state index in [4.69, 9.17) is 25.8 Å². The molecule has 0 radical (unpaired) electrons. The summed E-state index contributed by atoms with van der Waals surface area (Å²) in [6.45, 7) is 10.8. The van der Waals surface area contributed by atoms with Gasteiger partial charge in [0.1, 0.15) is 47.3 Å². The number of ether oxygens (including phenoxy) is 3. The van der Waals surface area contributed by atoms with Crippen molar-refractivity contribution in [1.82, 2.24) is 19.7 Å². The van der Waals surface area contributed by atoms with Crippen molar-refractivity contribution in [2.24, 2.45) is 17.3 Å². The van der Waals surface area contributed by atoms with E-state index >= 15 is 4.79 Å². The number of fused-ring (bicyclic) bond motifs is 2. The summed E-state index contributed by atoms with van der Waals surface area (Å²) in [5.74, 6) is -2.45. The molecule has 4 fully saturated rings. The largest absolute Gasteiger partial charge is 0.508 e. The van der Waals surface area contributed by atoms with Crippen LogP contribution < -0.4 is 0 Å². The SMILES string of the molecule is CCC(C(=O)OCC(C)C)N1C(=O)[C@@]23C(c4ccc[nH]4)[C@H]2[C@]13N1C(=O)C(CCCC(=O)OC(C)(C)C)N(C(=O)OCc2ccccc2O)[C@@H]1c1cc(Cl)cc2ccccc12. The summed E-state index contributed by atoms with van der Waals surface area (Å²) < 4.78 is 17.3. The van der Waals surface area contributed by atoms with Gasteiger partial charge < -0.3 is 29.2 Å². The van der Waals surface area contributed by atoms with E-state index in [2.05, 4.69) is 4.98 Å². The highest BCUT2D eigenvalue weighted by molar-refractivity contribution is 6.31. The fourth-order valence-corrected chi connectivity index (χ4v) is 10.2. The van der Waals surface area contributed by atoms with Crippen LogP contribution in [0.2, 0.25) is 5.02 Å². The van der Waals surface area contributed by atoms with Crippen molar-refractivity contribution in [3.8, 4) is 5.75 Å². The number of nitrogens with one attached hydrogen (secondary N) is 1. The Hall–Kier alpha value is -5.56. The Balaban J connectivity index is 1.28. The minimum Gasteiger partial charge on any atom is -0.508 e. The van der Waals surface area contributed by atoms with E-state index in [1.807, 2.05) is 50.2 Å². The van der Waals surface area contributed by atoms with Crippen molar-refractivity contribution >= 4 is 52.2 Å². The number of hydrogen-bond acceptors (Lipinski definition) is 9. The molecular weight excluding hydrogens is 788 g/mol. The van der Waals surface area contributed by atoms with Crippen LogP contribution in [-0.2, 0) is 40.0 Å². The fourth-order valence-electron chi connectivity index (χ4n) is 9.95. The van der Waals surface area contributed by atoms with Gasteiger partial charge in [-0.05, 0) is 87.1 Å². The van der Waals surface area contributed by atoms with Gasteiger partial charge in [0.05, 0.1) is 6.61 Å². The zero-order chi connectivity index (χ0) is 42.9. The summed E-state index contributed by atoms with van der Waals surface area (Å²) in [6, 6.07) is 19.1. The first-order valence-corrected chi connectivity index (χ1v) is 21.1. The van der Waals surface area contributed by atoms with Crippen molar-refractivity contribution in [2.45, 2.75) is 109 Å². The fraction of sp³-hybridized carbons (Fsp3) is 0.457. The molecule has 4 aromatic rings. The number of hydrogen-bond donors (Lipinski definition) is 2. The highest BCUT2D eigenvalue weighted by atomic mass is 35.5. The van der Waals surface area contributed by atoms with Gasteiger partial charge in [0.25, 0.3) is 0 Å². The first-order chi connectivity index (χ1) is 28.6. The minimum atomic E-state index is -1.32. The Labute approximate surface area is 353 Å². The summed E-state index contributed by atoms with van der Waals surface area (Å²) in [4.78, 5) is 80.1. The molecule has 1 aromatic heterocycles. The molecule has 60 heavy (non-hydrogen) atoms. The quantitative estimate of drug-likeness (QED) is 0.0734. The molecule has 0 bridgehead atoms. The lowest BCUT2D eigenvalue weighted by Gasteiger charge is -2.57. The molecule has 2 saturated carbocycles. The number of esters is 2. The number of H-pyrrole nitrogens is 1. The zero-order valence-electron chi connectivity index (χ0n) is 34.6. The second-order valence-corrected chi connectivity index (χ2v) is 18.1. The molecule has 3 heterocycles. The van der Waals surface area contributed by atoms with Crippen LogP contribution in [0.1, 0.15) is 96.1 Å². The van der Waals surface area contributed by atoms with Gasteiger partial charge in [-0.1, -0.05) is 74.8 Å². The molecule has 14 heteroatoms. The Morgan fingerprint density at radius 1 is 0.983 bits per heavy atom. The number of carbonyl (C=O) groups excluding carboxylic acids is 5. The Morgan fingerprint density at radius 3 is 2.38 bits per heavy atom. The topological polar surface area (TPSA) is 159 Å². The summed E-state index contributed by atoms with van der Waals surface area (Å²) in [7, 11) is 0. The molecule has 316 valence electrons. The number of halogens is 1. The molecule has 2 aliphatic carbocycles. The number of aromatic hydroxyl groups is 1. The summed E-state index contributed by atoms with van der Waals surface area (Å²) in [6.07, 6.45) is 0.173. The molecule has 3 aromatic carbocycles. The van der Waals surface area contributed by atoms with E-state index in [0.29, 0.717) is 21.5 Å². The molecule has 13 nitrogen and oxygen atoms in total. The Morgan fingerprint density at radius 2 is 1.72 bits per heavy atom. The third kappa shape index (κ3) is 6.38. The number of likely N-dealkylation sites (tertiary alicyclic amines) is 1. The summed E-state index contributed by atoms with van der Waals surface area (Å²) in [5.41, 5.74) is -1.40. The first kappa shape index (κ1) is 41.2. The predicted octanol–water partition coefficient (Wildman–Crippen LogP) is 7.82. The van der Waals surface area contributed by atoms with Crippen molar-refractivity contribution in [2.75, 3.05) is 6.61 Å². The number of phenols is 1. The van der Waals surface area contributed by atoms with Gasteiger partial charge in [-0.25, -0.2) is 9.59 Å². The third-order valence-corrected chi connectivity index (χ3v) is 12.5. The minimum absolute atomic E-state index is 0.0244. The van der Waals surface area contributed by atoms with Crippen LogP contribution in [0.3, 0.4) is 0 Å². The third-order valence-electron chi connectivity index (χ3n) is 12.3. The molecule has 2 N–H and O–H groups in total. The van der Waals surface area contributed by atoms with Gasteiger partial charge in [-0.15, -0.1) is 0 Å². The number of piperidine rings is 1. The number of phenolic OH excluding ortho intramolecular Hbond substituents is 1. The Bertz CT molecular complexity index is 2360. The number of aromatic nitrogens is 1. The average molecular weight is 839 g/mol.